The number of alkyl halides is 3. The van der Waals surface area contributed by atoms with Crippen LogP contribution in [0.4, 0.5) is 13.2 Å². The molecule has 134 valence electrons. The van der Waals surface area contributed by atoms with Crippen LogP contribution < -0.4 is 5.32 Å². The van der Waals surface area contributed by atoms with Gasteiger partial charge in [-0.15, -0.1) is 0 Å². The molecule has 1 aliphatic carbocycles. The van der Waals surface area contributed by atoms with E-state index in [-0.39, 0.29) is 5.92 Å². The Morgan fingerprint density at radius 3 is 2.60 bits per heavy atom. The van der Waals surface area contributed by atoms with Gasteiger partial charge in [-0.2, -0.15) is 18.3 Å². The van der Waals surface area contributed by atoms with Gasteiger partial charge in [0.1, 0.15) is 0 Å². The first-order valence-electron chi connectivity index (χ1n) is 7.89. The summed E-state index contributed by atoms with van der Waals surface area (Å²) in [5.41, 5.74) is -0.674. The van der Waals surface area contributed by atoms with Crippen LogP contribution >= 0.6 is 0 Å². The molecule has 1 fully saturated rings. The lowest BCUT2D eigenvalue weighted by Gasteiger charge is -2.37. The number of carbonyl (C=O) groups excluding carboxylic acids is 1. The maximum absolute atomic E-state index is 13.1. The minimum atomic E-state index is -4.61. The highest BCUT2D eigenvalue weighted by molar-refractivity contribution is 5.96. The molecule has 1 aromatic heterocycles. The van der Waals surface area contributed by atoms with Gasteiger partial charge >= 0.3 is 6.18 Å². The summed E-state index contributed by atoms with van der Waals surface area (Å²) >= 11 is 0. The standard InChI is InChI=1S/C17H18F3N3O2/c1-23-9-11(8-21-23)15(10-6-12(24)7-10)22-16(25)13-4-2-3-5-14(13)17(18,19)20/h2-5,8-10,12,15,24H,6-7H2,1H3,(H,22,25)/t10?,12?,15-/m1/s1. The monoisotopic (exact) mass is 353 g/mol. The molecule has 1 aliphatic rings. The van der Waals surface area contributed by atoms with Gasteiger partial charge < -0.3 is 10.4 Å². The summed E-state index contributed by atoms with van der Waals surface area (Å²) in [6, 6.07) is 4.21. The number of rotatable bonds is 4. The maximum Gasteiger partial charge on any atom is 0.417 e. The first kappa shape index (κ1) is 17.5. The number of nitrogens with one attached hydrogen (secondary N) is 1. The Balaban J connectivity index is 1.86. The van der Waals surface area contributed by atoms with Crippen molar-refractivity contribution in [2.75, 3.05) is 0 Å². The number of aliphatic hydroxyl groups is 1. The lowest BCUT2D eigenvalue weighted by molar-refractivity contribution is -0.137. The van der Waals surface area contributed by atoms with E-state index < -0.39 is 35.4 Å². The number of hydrogen-bond donors (Lipinski definition) is 2. The quantitative estimate of drug-likeness (QED) is 0.888. The summed E-state index contributed by atoms with van der Waals surface area (Å²) in [7, 11) is 1.72. The summed E-state index contributed by atoms with van der Waals surface area (Å²) in [5, 5.41) is 16.3. The highest BCUT2D eigenvalue weighted by atomic mass is 19.4. The van der Waals surface area contributed by atoms with E-state index in [1.807, 2.05) is 0 Å². The fourth-order valence-corrected chi connectivity index (χ4v) is 3.12. The van der Waals surface area contributed by atoms with E-state index in [1.54, 1.807) is 24.1 Å². The van der Waals surface area contributed by atoms with E-state index in [1.165, 1.54) is 12.1 Å². The number of halogens is 3. The van der Waals surface area contributed by atoms with Crippen molar-refractivity contribution in [3.63, 3.8) is 0 Å². The molecule has 0 radical (unpaired) electrons. The summed E-state index contributed by atoms with van der Waals surface area (Å²) in [6.07, 6.45) is -0.786. The Kier molecular flexibility index (Phi) is 4.55. The third kappa shape index (κ3) is 3.68. The lowest BCUT2D eigenvalue weighted by Crippen LogP contribution is -2.41. The van der Waals surface area contributed by atoms with Crippen molar-refractivity contribution in [2.24, 2.45) is 13.0 Å². The minimum absolute atomic E-state index is 0.0406. The normalized spacial score (nSPS) is 21.5. The zero-order chi connectivity index (χ0) is 18.2. The van der Waals surface area contributed by atoms with Crippen molar-refractivity contribution in [2.45, 2.75) is 31.2 Å². The lowest BCUT2D eigenvalue weighted by atomic mass is 9.75. The maximum atomic E-state index is 13.1. The fraction of sp³-hybridized carbons (Fsp3) is 0.412. The molecule has 1 atom stereocenters. The van der Waals surface area contributed by atoms with Gasteiger partial charge in [-0.1, -0.05) is 12.1 Å². The summed E-state index contributed by atoms with van der Waals surface area (Å²) in [5.74, 6) is -0.829. The summed E-state index contributed by atoms with van der Waals surface area (Å²) in [4.78, 5) is 12.5. The van der Waals surface area contributed by atoms with E-state index >= 15 is 0 Å². The van der Waals surface area contributed by atoms with Crippen LogP contribution in [0.3, 0.4) is 0 Å². The molecule has 1 aromatic carbocycles. The van der Waals surface area contributed by atoms with Crippen molar-refractivity contribution in [1.29, 1.82) is 0 Å². The van der Waals surface area contributed by atoms with Gasteiger partial charge in [-0.05, 0) is 30.9 Å². The molecule has 8 heteroatoms. The van der Waals surface area contributed by atoms with Gasteiger partial charge in [0.05, 0.1) is 29.5 Å². The SMILES string of the molecule is Cn1cc([C@H](NC(=O)c2ccccc2C(F)(F)F)C2CC(O)C2)cn1. The highest BCUT2D eigenvalue weighted by Gasteiger charge is 2.38. The summed E-state index contributed by atoms with van der Waals surface area (Å²) in [6.45, 7) is 0. The second-order valence-electron chi connectivity index (χ2n) is 6.33. The molecule has 2 aromatic rings. The fourth-order valence-electron chi connectivity index (χ4n) is 3.12. The van der Waals surface area contributed by atoms with Crippen LogP contribution in [-0.2, 0) is 13.2 Å². The molecule has 1 heterocycles. The molecule has 0 bridgehead atoms. The smallest absolute Gasteiger partial charge is 0.393 e. The molecule has 0 saturated heterocycles. The molecule has 5 nitrogen and oxygen atoms in total. The zero-order valence-corrected chi connectivity index (χ0v) is 13.5. The number of hydrogen-bond acceptors (Lipinski definition) is 3. The van der Waals surface area contributed by atoms with Crippen molar-refractivity contribution in [1.82, 2.24) is 15.1 Å². The third-order valence-electron chi connectivity index (χ3n) is 4.47. The average molecular weight is 353 g/mol. The zero-order valence-electron chi connectivity index (χ0n) is 13.5. The van der Waals surface area contributed by atoms with Gasteiger partial charge in [0, 0.05) is 18.8 Å². The van der Waals surface area contributed by atoms with Gasteiger partial charge in [0.25, 0.3) is 5.91 Å². The topological polar surface area (TPSA) is 67.2 Å². The van der Waals surface area contributed by atoms with Gasteiger partial charge in [0.15, 0.2) is 0 Å². The predicted octanol–water partition coefficient (Wildman–Crippen LogP) is 2.68. The Hall–Kier alpha value is -2.35. The van der Waals surface area contributed by atoms with E-state index in [4.69, 9.17) is 0 Å². The first-order chi connectivity index (χ1) is 11.8. The number of carbonyl (C=O) groups is 1. The van der Waals surface area contributed by atoms with E-state index in [2.05, 4.69) is 10.4 Å². The Morgan fingerprint density at radius 1 is 1.36 bits per heavy atom. The molecule has 0 spiro atoms. The van der Waals surface area contributed by atoms with Crippen molar-refractivity contribution >= 4 is 5.91 Å². The minimum Gasteiger partial charge on any atom is -0.393 e. The number of benzene rings is 1. The Morgan fingerprint density at radius 2 is 2.04 bits per heavy atom. The molecule has 25 heavy (non-hydrogen) atoms. The van der Waals surface area contributed by atoms with Crippen molar-refractivity contribution < 1.29 is 23.1 Å². The molecule has 0 aliphatic heterocycles. The second kappa shape index (κ2) is 6.51. The number of aromatic nitrogens is 2. The van der Waals surface area contributed by atoms with Crippen molar-refractivity contribution in [3.05, 3.63) is 53.3 Å². The molecule has 1 amide bonds. The van der Waals surface area contributed by atoms with Crippen molar-refractivity contribution in [3.8, 4) is 0 Å². The number of nitrogens with zero attached hydrogens (tertiary/aromatic N) is 2. The van der Waals surface area contributed by atoms with Crippen LogP contribution in [0, 0.1) is 5.92 Å². The van der Waals surface area contributed by atoms with Gasteiger partial charge in [0.2, 0.25) is 0 Å². The van der Waals surface area contributed by atoms with Gasteiger partial charge in [-0.25, -0.2) is 0 Å². The number of aliphatic hydroxyl groups excluding tert-OH is 1. The predicted molar refractivity (Wildman–Crippen MR) is 83.6 cm³/mol. The largest absolute Gasteiger partial charge is 0.417 e. The average Bonchev–Trinajstić information content (AvgIpc) is 2.95. The van der Waals surface area contributed by atoms with E-state index in [0.717, 1.165) is 12.1 Å². The van der Waals surface area contributed by atoms with Gasteiger partial charge in [-0.3, -0.25) is 9.48 Å². The van der Waals surface area contributed by atoms with Crippen LogP contribution in [-0.4, -0.2) is 26.9 Å². The molecule has 2 N–H and O–H groups in total. The second-order valence-corrected chi connectivity index (χ2v) is 6.33. The van der Waals surface area contributed by atoms with E-state index in [0.29, 0.717) is 18.4 Å². The highest BCUT2D eigenvalue weighted by Crippen LogP contribution is 2.38. The van der Waals surface area contributed by atoms with Crippen LogP contribution in [0.15, 0.2) is 36.7 Å². The molecule has 3 rings (SSSR count). The number of amides is 1. The first-order valence-corrected chi connectivity index (χ1v) is 7.89. The van der Waals surface area contributed by atoms with Crippen LogP contribution in [0.5, 0.6) is 0 Å². The third-order valence-corrected chi connectivity index (χ3v) is 4.47. The van der Waals surface area contributed by atoms with Crippen LogP contribution in [0.2, 0.25) is 0 Å². The Bertz CT molecular complexity index is 766. The van der Waals surface area contributed by atoms with Crippen LogP contribution in [0.25, 0.3) is 0 Å². The van der Waals surface area contributed by atoms with Crippen LogP contribution in [0.1, 0.15) is 40.4 Å². The molecular formula is C17H18F3N3O2. The van der Waals surface area contributed by atoms with E-state index in [9.17, 15) is 23.1 Å². The Labute approximate surface area is 142 Å². The number of aryl methyl sites for hydroxylation is 1. The molecule has 1 saturated carbocycles. The summed E-state index contributed by atoms with van der Waals surface area (Å²) < 4.78 is 41.0. The molecule has 0 unspecified atom stereocenters. The molecular weight excluding hydrogens is 335 g/mol.